The SMILES string of the molecule is Cc1ccc(N2C(=O)N(Cc3cc(=O)n(C)c(=O)n3C)C(=O)C2C)cc1. The second-order valence-corrected chi connectivity index (χ2v) is 6.46. The van der Waals surface area contributed by atoms with E-state index in [1.807, 2.05) is 19.1 Å². The average molecular weight is 356 g/mol. The first-order chi connectivity index (χ1) is 12.2. The van der Waals surface area contributed by atoms with Crippen molar-refractivity contribution in [2.45, 2.75) is 26.4 Å². The normalized spacial score (nSPS) is 17.3. The van der Waals surface area contributed by atoms with Crippen molar-refractivity contribution < 1.29 is 9.59 Å². The van der Waals surface area contributed by atoms with Gasteiger partial charge in [0.2, 0.25) is 0 Å². The molecule has 3 rings (SSSR count). The Morgan fingerprint density at radius 3 is 2.19 bits per heavy atom. The summed E-state index contributed by atoms with van der Waals surface area (Å²) >= 11 is 0. The number of aromatic nitrogens is 2. The number of rotatable bonds is 3. The predicted octanol–water partition coefficient (Wildman–Crippen LogP) is 0.750. The lowest BCUT2D eigenvalue weighted by Crippen LogP contribution is -2.40. The van der Waals surface area contributed by atoms with E-state index in [1.54, 1.807) is 19.1 Å². The van der Waals surface area contributed by atoms with Crippen LogP contribution in [0.2, 0.25) is 0 Å². The molecule has 2 aromatic rings. The fourth-order valence-corrected chi connectivity index (χ4v) is 3.00. The van der Waals surface area contributed by atoms with Crippen LogP contribution < -0.4 is 16.1 Å². The van der Waals surface area contributed by atoms with E-state index >= 15 is 0 Å². The molecule has 3 amide bonds. The Morgan fingerprint density at radius 1 is 0.962 bits per heavy atom. The molecule has 1 unspecified atom stereocenters. The van der Waals surface area contributed by atoms with E-state index in [1.165, 1.54) is 29.6 Å². The predicted molar refractivity (Wildman–Crippen MR) is 96.0 cm³/mol. The van der Waals surface area contributed by atoms with Gasteiger partial charge in [-0.25, -0.2) is 9.59 Å². The third-order valence-electron chi connectivity index (χ3n) is 4.71. The number of imide groups is 1. The first-order valence-electron chi connectivity index (χ1n) is 8.19. The number of hydrogen-bond donors (Lipinski definition) is 0. The maximum absolute atomic E-state index is 12.8. The van der Waals surface area contributed by atoms with Crippen molar-refractivity contribution in [3.63, 3.8) is 0 Å². The zero-order chi connectivity index (χ0) is 19.2. The van der Waals surface area contributed by atoms with E-state index in [-0.39, 0.29) is 12.5 Å². The maximum Gasteiger partial charge on any atom is 0.332 e. The molecule has 8 heteroatoms. The zero-order valence-corrected chi connectivity index (χ0v) is 15.1. The van der Waals surface area contributed by atoms with Gasteiger partial charge in [-0.15, -0.1) is 0 Å². The van der Waals surface area contributed by atoms with Gasteiger partial charge in [0.05, 0.1) is 6.54 Å². The van der Waals surface area contributed by atoms with Crippen molar-refractivity contribution in [1.29, 1.82) is 0 Å². The fourth-order valence-electron chi connectivity index (χ4n) is 3.00. The van der Waals surface area contributed by atoms with Gasteiger partial charge >= 0.3 is 11.7 Å². The number of amides is 3. The molecular weight excluding hydrogens is 336 g/mol. The van der Waals surface area contributed by atoms with Gasteiger partial charge in [-0.05, 0) is 26.0 Å². The topological polar surface area (TPSA) is 84.6 Å². The van der Waals surface area contributed by atoms with Crippen LogP contribution in [0.15, 0.2) is 39.9 Å². The first-order valence-corrected chi connectivity index (χ1v) is 8.19. The summed E-state index contributed by atoms with van der Waals surface area (Å²) in [5, 5.41) is 0. The molecule has 1 aliphatic heterocycles. The third kappa shape index (κ3) is 2.73. The number of carbonyl (C=O) groups is 2. The Morgan fingerprint density at radius 2 is 1.58 bits per heavy atom. The Kier molecular flexibility index (Phi) is 4.27. The van der Waals surface area contributed by atoms with Crippen LogP contribution in [0.4, 0.5) is 10.5 Å². The van der Waals surface area contributed by atoms with Gasteiger partial charge in [0.25, 0.3) is 11.5 Å². The van der Waals surface area contributed by atoms with Crippen molar-refractivity contribution in [2.75, 3.05) is 4.90 Å². The van der Waals surface area contributed by atoms with Gasteiger partial charge in [-0.3, -0.25) is 28.5 Å². The fraction of sp³-hybridized carbons (Fsp3) is 0.333. The summed E-state index contributed by atoms with van der Waals surface area (Å²) in [6, 6.07) is 7.44. The highest BCUT2D eigenvalue weighted by molar-refractivity contribution is 6.13. The smallest absolute Gasteiger partial charge is 0.299 e. The molecule has 0 saturated carbocycles. The summed E-state index contributed by atoms with van der Waals surface area (Å²) in [5.74, 6) is -0.372. The van der Waals surface area contributed by atoms with Crippen LogP contribution in [0.1, 0.15) is 18.2 Å². The monoisotopic (exact) mass is 356 g/mol. The maximum atomic E-state index is 12.8. The van der Waals surface area contributed by atoms with Crippen LogP contribution in [0.25, 0.3) is 0 Å². The van der Waals surface area contributed by atoms with Gasteiger partial charge in [0, 0.05) is 31.5 Å². The molecule has 136 valence electrons. The van der Waals surface area contributed by atoms with Gasteiger partial charge in [-0.1, -0.05) is 17.7 Å². The quantitative estimate of drug-likeness (QED) is 0.760. The van der Waals surface area contributed by atoms with E-state index in [9.17, 15) is 19.2 Å². The summed E-state index contributed by atoms with van der Waals surface area (Å²) < 4.78 is 2.24. The van der Waals surface area contributed by atoms with E-state index in [0.29, 0.717) is 11.4 Å². The first kappa shape index (κ1) is 17.7. The highest BCUT2D eigenvalue weighted by Crippen LogP contribution is 2.26. The number of hydrogen-bond acceptors (Lipinski definition) is 4. The minimum atomic E-state index is -0.659. The van der Waals surface area contributed by atoms with Crippen molar-refractivity contribution in [3.05, 3.63) is 62.4 Å². The van der Waals surface area contributed by atoms with Crippen LogP contribution in [0, 0.1) is 6.92 Å². The van der Waals surface area contributed by atoms with Gasteiger partial charge in [0.15, 0.2) is 0 Å². The van der Waals surface area contributed by atoms with Gasteiger partial charge in [0.1, 0.15) is 6.04 Å². The van der Waals surface area contributed by atoms with E-state index in [4.69, 9.17) is 0 Å². The second kappa shape index (κ2) is 6.29. The molecule has 1 fully saturated rings. The molecule has 0 aliphatic carbocycles. The summed E-state index contributed by atoms with van der Waals surface area (Å²) in [6.45, 7) is 3.46. The molecule has 1 aliphatic rings. The molecule has 0 spiro atoms. The van der Waals surface area contributed by atoms with E-state index in [0.717, 1.165) is 15.0 Å². The summed E-state index contributed by atoms with van der Waals surface area (Å²) in [5.41, 5.74) is 0.992. The number of nitrogens with zero attached hydrogens (tertiary/aromatic N) is 4. The van der Waals surface area contributed by atoms with Crippen molar-refractivity contribution in [1.82, 2.24) is 14.0 Å². The van der Waals surface area contributed by atoms with Crippen molar-refractivity contribution >= 4 is 17.6 Å². The standard InChI is InChI=1S/C18H20N4O4/c1-11-5-7-13(8-6-11)22-12(2)16(24)21(18(22)26)10-14-9-15(23)20(4)17(25)19(14)3/h5-9,12H,10H2,1-4H3. The molecule has 26 heavy (non-hydrogen) atoms. The van der Waals surface area contributed by atoms with Crippen LogP contribution in [0.5, 0.6) is 0 Å². The Balaban J connectivity index is 1.96. The van der Waals surface area contributed by atoms with Gasteiger partial charge < -0.3 is 0 Å². The summed E-state index contributed by atoms with van der Waals surface area (Å²) in [7, 11) is 2.88. The minimum absolute atomic E-state index is 0.133. The Hall–Kier alpha value is -3.16. The molecule has 1 aromatic carbocycles. The molecule has 8 nitrogen and oxygen atoms in total. The molecule has 0 bridgehead atoms. The molecule has 1 atom stereocenters. The average Bonchev–Trinajstić information content (AvgIpc) is 2.82. The second-order valence-electron chi connectivity index (χ2n) is 6.46. The lowest BCUT2D eigenvalue weighted by atomic mass is 10.2. The number of carbonyl (C=O) groups excluding carboxylic acids is 2. The lowest BCUT2D eigenvalue weighted by molar-refractivity contribution is -0.127. The zero-order valence-electron chi connectivity index (χ0n) is 15.1. The number of anilines is 1. The number of aryl methyl sites for hydroxylation is 1. The van der Waals surface area contributed by atoms with E-state index in [2.05, 4.69) is 0 Å². The van der Waals surface area contributed by atoms with Crippen molar-refractivity contribution in [2.24, 2.45) is 14.1 Å². The molecule has 2 heterocycles. The summed E-state index contributed by atoms with van der Waals surface area (Å²) in [4.78, 5) is 51.9. The summed E-state index contributed by atoms with van der Waals surface area (Å²) in [6.07, 6.45) is 0. The highest BCUT2D eigenvalue weighted by atomic mass is 16.2. The van der Waals surface area contributed by atoms with E-state index < -0.39 is 23.3 Å². The Labute approximate surface area is 149 Å². The molecule has 0 radical (unpaired) electrons. The molecular formula is C18H20N4O4. The lowest BCUT2D eigenvalue weighted by Gasteiger charge is -2.20. The van der Waals surface area contributed by atoms with Crippen LogP contribution in [0.3, 0.4) is 0 Å². The molecule has 1 aromatic heterocycles. The minimum Gasteiger partial charge on any atom is -0.299 e. The Bertz CT molecular complexity index is 1000. The van der Waals surface area contributed by atoms with Crippen LogP contribution in [-0.4, -0.2) is 32.0 Å². The van der Waals surface area contributed by atoms with Crippen LogP contribution in [-0.2, 0) is 25.4 Å². The molecule has 1 saturated heterocycles. The van der Waals surface area contributed by atoms with Gasteiger partial charge in [-0.2, -0.15) is 0 Å². The highest BCUT2D eigenvalue weighted by Gasteiger charge is 2.43. The van der Waals surface area contributed by atoms with Crippen LogP contribution >= 0.6 is 0 Å². The van der Waals surface area contributed by atoms with Crippen molar-refractivity contribution in [3.8, 4) is 0 Å². The molecule has 0 N–H and O–H groups in total. The third-order valence-corrected chi connectivity index (χ3v) is 4.71. The number of urea groups is 1. The largest absolute Gasteiger partial charge is 0.332 e. The number of benzene rings is 1.